The standard InChI is InChI=1S/C33H37NO14/c1-18(31(39)41-5)28(44-19(2)35)29(45-20(3)36)30(46-21(4)37)32(42-6)47-24-12-13-25-23(14-27(38)48-26(25)15-24)16-34-33(40)43-17-22-10-8-7-9-11-22/h7-15,18,28-30,32H,16-17H2,1-6H3,(H,34,40). The topological polar surface area (TPSA) is 192 Å². The lowest BCUT2D eigenvalue weighted by molar-refractivity contribution is -0.221. The summed E-state index contributed by atoms with van der Waals surface area (Å²) in [5.74, 6) is -4.50. The largest absolute Gasteiger partial charge is 0.469 e. The first kappa shape index (κ1) is 37.0. The first-order valence-corrected chi connectivity index (χ1v) is 14.6. The van der Waals surface area contributed by atoms with Gasteiger partial charge in [0.1, 0.15) is 17.9 Å². The number of ether oxygens (including phenoxy) is 7. The Labute approximate surface area is 275 Å². The van der Waals surface area contributed by atoms with E-state index in [4.69, 9.17) is 37.6 Å². The van der Waals surface area contributed by atoms with E-state index in [9.17, 15) is 28.8 Å². The van der Waals surface area contributed by atoms with Crippen molar-refractivity contribution in [1.29, 1.82) is 0 Å². The summed E-state index contributed by atoms with van der Waals surface area (Å²) in [5.41, 5.74) is 0.574. The van der Waals surface area contributed by atoms with Gasteiger partial charge in [-0.2, -0.15) is 0 Å². The maximum Gasteiger partial charge on any atom is 0.407 e. The van der Waals surface area contributed by atoms with Crippen molar-refractivity contribution in [1.82, 2.24) is 5.32 Å². The maximum atomic E-state index is 12.5. The van der Waals surface area contributed by atoms with Crippen LogP contribution in [-0.2, 0) is 60.8 Å². The van der Waals surface area contributed by atoms with Crippen molar-refractivity contribution < 1.29 is 61.5 Å². The Morgan fingerprint density at radius 2 is 1.44 bits per heavy atom. The molecule has 3 aromatic rings. The van der Waals surface area contributed by atoms with Gasteiger partial charge < -0.3 is 42.9 Å². The molecule has 258 valence electrons. The summed E-state index contributed by atoms with van der Waals surface area (Å²) in [6.45, 7) is 4.58. The molecule has 1 heterocycles. The van der Waals surface area contributed by atoms with Crippen LogP contribution in [0.15, 0.2) is 63.8 Å². The van der Waals surface area contributed by atoms with Crippen molar-refractivity contribution in [3.05, 3.63) is 76.1 Å². The van der Waals surface area contributed by atoms with E-state index >= 15 is 0 Å². The molecule has 1 amide bonds. The molecule has 48 heavy (non-hydrogen) atoms. The quantitative estimate of drug-likeness (QED) is 0.107. The van der Waals surface area contributed by atoms with E-state index in [1.54, 1.807) is 6.07 Å². The Kier molecular flexibility index (Phi) is 13.5. The smallest absolute Gasteiger partial charge is 0.407 e. The zero-order valence-electron chi connectivity index (χ0n) is 27.2. The minimum Gasteiger partial charge on any atom is -0.469 e. The lowest BCUT2D eigenvalue weighted by Crippen LogP contribution is -2.55. The highest BCUT2D eigenvalue weighted by Crippen LogP contribution is 2.28. The fourth-order valence-electron chi connectivity index (χ4n) is 4.70. The molecule has 0 saturated heterocycles. The molecule has 0 aliphatic rings. The van der Waals surface area contributed by atoms with E-state index in [1.807, 2.05) is 30.3 Å². The van der Waals surface area contributed by atoms with Crippen molar-refractivity contribution in [3.8, 4) is 5.75 Å². The van der Waals surface area contributed by atoms with E-state index in [2.05, 4.69) is 5.32 Å². The van der Waals surface area contributed by atoms with E-state index in [0.717, 1.165) is 33.4 Å². The fraction of sp³-hybridized carbons (Fsp3) is 0.394. The van der Waals surface area contributed by atoms with Gasteiger partial charge in [-0.05, 0) is 30.2 Å². The molecule has 0 spiro atoms. The van der Waals surface area contributed by atoms with Crippen LogP contribution in [0.2, 0.25) is 0 Å². The van der Waals surface area contributed by atoms with Crippen molar-refractivity contribution in [2.75, 3.05) is 14.2 Å². The van der Waals surface area contributed by atoms with Gasteiger partial charge in [0, 0.05) is 51.9 Å². The number of carbonyl (C=O) groups excluding carboxylic acids is 5. The van der Waals surface area contributed by atoms with E-state index in [1.165, 1.54) is 32.2 Å². The third-order valence-electron chi connectivity index (χ3n) is 6.81. The van der Waals surface area contributed by atoms with Gasteiger partial charge in [0.05, 0.1) is 13.0 Å². The second kappa shape index (κ2) is 17.5. The third kappa shape index (κ3) is 10.6. The van der Waals surface area contributed by atoms with Crippen molar-refractivity contribution >= 4 is 40.9 Å². The molecule has 15 nitrogen and oxygen atoms in total. The molecule has 5 unspecified atom stereocenters. The molecule has 0 aliphatic heterocycles. The number of methoxy groups -OCH3 is 2. The summed E-state index contributed by atoms with van der Waals surface area (Å²) in [7, 11) is 2.32. The molecular weight excluding hydrogens is 634 g/mol. The highest BCUT2D eigenvalue weighted by atomic mass is 16.7. The zero-order valence-corrected chi connectivity index (χ0v) is 27.2. The minimum absolute atomic E-state index is 0.0497. The Balaban J connectivity index is 1.90. The molecule has 0 aliphatic carbocycles. The van der Waals surface area contributed by atoms with Crippen LogP contribution in [0.1, 0.15) is 38.8 Å². The number of carbonyl (C=O) groups is 5. The van der Waals surface area contributed by atoms with Crippen LogP contribution in [0.5, 0.6) is 5.75 Å². The van der Waals surface area contributed by atoms with Crippen LogP contribution >= 0.6 is 0 Å². The monoisotopic (exact) mass is 671 g/mol. The number of fused-ring (bicyclic) bond motifs is 1. The molecule has 3 rings (SSSR count). The van der Waals surface area contributed by atoms with E-state index < -0.39 is 66.1 Å². The van der Waals surface area contributed by atoms with Gasteiger partial charge in [0.15, 0.2) is 12.2 Å². The van der Waals surface area contributed by atoms with Gasteiger partial charge in [-0.1, -0.05) is 30.3 Å². The van der Waals surface area contributed by atoms with Gasteiger partial charge in [-0.3, -0.25) is 19.2 Å². The average molecular weight is 672 g/mol. The van der Waals surface area contributed by atoms with Crippen molar-refractivity contribution in [2.45, 2.75) is 65.4 Å². The van der Waals surface area contributed by atoms with Gasteiger partial charge in [0.25, 0.3) is 0 Å². The average Bonchev–Trinajstić information content (AvgIpc) is 3.04. The third-order valence-corrected chi connectivity index (χ3v) is 6.81. The summed E-state index contributed by atoms with van der Waals surface area (Å²) in [5, 5.41) is 3.05. The number of esters is 4. The maximum absolute atomic E-state index is 12.5. The molecule has 1 aromatic heterocycles. The van der Waals surface area contributed by atoms with E-state index in [-0.39, 0.29) is 24.5 Å². The Hall–Kier alpha value is -5.44. The van der Waals surface area contributed by atoms with Crippen molar-refractivity contribution in [3.63, 3.8) is 0 Å². The second-order valence-corrected chi connectivity index (χ2v) is 10.4. The van der Waals surface area contributed by atoms with Crippen LogP contribution in [0, 0.1) is 5.92 Å². The summed E-state index contributed by atoms with van der Waals surface area (Å²) in [4.78, 5) is 73.6. The summed E-state index contributed by atoms with van der Waals surface area (Å²) >= 11 is 0. The molecule has 2 aromatic carbocycles. The molecule has 0 bridgehead atoms. The van der Waals surface area contributed by atoms with Crippen LogP contribution in [-0.4, -0.2) is 68.8 Å². The van der Waals surface area contributed by atoms with Gasteiger partial charge in [-0.25, -0.2) is 9.59 Å². The molecule has 0 radical (unpaired) electrons. The molecule has 5 atom stereocenters. The summed E-state index contributed by atoms with van der Waals surface area (Å²) in [6, 6.07) is 14.7. The number of hydrogen-bond acceptors (Lipinski definition) is 14. The number of alkyl carbamates (subject to hydrolysis) is 1. The number of benzene rings is 2. The molecule has 0 saturated carbocycles. The summed E-state index contributed by atoms with van der Waals surface area (Å²) < 4.78 is 43.1. The number of nitrogens with one attached hydrogen (secondary N) is 1. The normalized spacial score (nSPS) is 14.0. The predicted molar refractivity (Wildman–Crippen MR) is 165 cm³/mol. The van der Waals surface area contributed by atoms with Crippen molar-refractivity contribution in [2.24, 2.45) is 5.92 Å². The lowest BCUT2D eigenvalue weighted by atomic mass is 9.95. The Bertz CT molecular complexity index is 1650. The van der Waals surface area contributed by atoms with Gasteiger partial charge in [0.2, 0.25) is 12.4 Å². The first-order valence-electron chi connectivity index (χ1n) is 14.6. The highest BCUT2D eigenvalue weighted by molar-refractivity contribution is 5.82. The zero-order chi connectivity index (χ0) is 35.4. The van der Waals surface area contributed by atoms with Crippen LogP contribution in [0.25, 0.3) is 11.0 Å². The second-order valence-electron chi connectivity index (χ2n) is 10.4. The lowest BCUT2D eigenvalue weighted by Gasteiger charge is -2.36. The fourth-order valence-corrected chi connectivity index (χ4v) is 4.70. The SMILES string of the molecule is COC(=O)C(C)C(OC(C)=O)C(OC(C)=O)C(OC(C)=O)C(OC)Oc1ccc2c(CNC(=O)OCc3ccccc3)cc(=O)oc2c1. The number of hydrogen-bond donors (Lipinski definition) is 1. The molecule has 0 fully saturated rings. The Morgan fingerprint density at radius 1 is 0.812 bits per heavy atom. The first-order chi connectivity index (χ1) is 22.8. The number of amides is 1. The Morgan fingerprint density at radius 3 is 2.04 bits per heavy atom. The highest BCUT2D eigenvalue weighted by Gasteiger charge is 2.47. The van der Waals surface area contributed by atoms with E-state index in [0.29, 0.717) is 10.9 Å². The summed E-state index contributed by atoms with van der Waals surface area (Å²) in [6.07, 6.45) is -6.96. The van der Waals surface area contributed by atoms with Crippen LogP contribution in [0.3, 0.4) is 0 Å². The minimum atomic E-state index is -1.62. The van der Waals surface area contributed by atoms with Gasteiger partial charge in [-0.15, -0.1) is 0 Å². The molecule has 15 heteroatoms. The van der Waals surface area contributed by atoms with Gasteiger partial charge >= 0.3 is 35.6 Å². The molecular formula is C33H37NO14. The number of rotatable bonds is 15. The van der Waals surface area contributed by atoms with Crippen LogP contribution in [0.4, 0.5) is 4.79 Å². The predicted octanol–water partition coefficient (Wildman–Crippen LogP) is 3.17. The van der Waals surface area contributed by atoms with Crippen LogP contribution < -0.4 is 15.7 Å². The molecule has 1 N–H and O–H groups in total.